The summed E-state index contributed by atoms with van der Waals surface area (Å²) < 4.78 is 8.22. The van der Waals surface area contributed by atoms with Gasteiger partial charge in [0.1, 0.15) is 5.75 Å². The summed E-state index contributed by atoms with van der Waals surface area (Å²) in [6.45, 7) is 1.47. The number of aliphatic hydroxyl groups is 1. The summed E-state index contributed by atoms with van der Waals surface area (Å²) in [5.74, 6) is -3.29. The number of carbonyl (C=O) groups excluding carboxylic acids is 2. The summed E-state index contributed by atoms with van der Waals surface area (Å²) in [5.41, 5.74) is 1.63. The van der Waals surface area contributed by atoms with Gasteiger partial charge in [-0.15, -0.1) is 6.54 Å². The molecular formula is C17H19N3O7STc. The number of amides is 2. The van der Waals surface area contributed by atoms with Crippen LogP contribution in [0, 0.1) is 0 Å². The topological polar surface area (TPSA) is 171 Å². The molecule has 0 saturated carbocycles. The SMILES string of the molecule is CC(O)C([N-]C(=O)C1Cc2ccc(O)cc2C[N-]1)C(=O)[N-]C(C[S-])C(=O)O.[O]=[Tc+4]. The van der Waals surface area contributed by atoms with Gasteiger partial charge in [0, 0.05) is 17.9 Å². The molecule has 0 saturated heterocycles. The van der Waals surface area contributed by atoms with Crippen molar-refractivity contribution in [3.05, 3.63) is 45.3 Å². The minimum absolute atomic E-state index is 0.106. The van der Waals surface area contributed by atoms with Crippen molar-refractivity contribution < 1.29 is 52.1 Å². The number of aliphatic hydroxyl groups excluding tert-OH is 1. The second-order valence-corrected chi connectivity index (χ2v) is 6.49. The number of hydrogen-bond donors (Lipinski definition) is 3. The van der Waals surface area contributed by atoms with Crippen molar-refractivity contribution in [3.8, 4) is 5.75 Å². The van der Waals surface area contributed by atoms with E-state index in [1.807, 2.05) is 0 Å². The standard InChI is InChI=1S/C17H22N3O6S.O.Tc/c1-8(21)14(16(24)19-13(7-27)17(25)26)20-15(23)12-5-9-2-3-11(22)4-10(9)6-18-12;;/h2-4,8,12-14,21H,5-7H2,1H3,(H5,19,20,22,23,24,25,26,27);;/q-1;;+4/p-3. The number of nitrogens with zero attached hydrogens (tertiary/aromatic N) is 3. The Labute approximate surface area is 183 Å². The van der Waals surface area contributed by atoms with Gasteiger partial charge in [-0.25, -0.2) is 0 Å². The van der Waals surface area contributed by atoms with Gasteiger partial charge in [-0.2, -0.15) is 5.75 Å². The molecule has 3 N–H and O–H groups in total. The molecule has 0 spiro atoms. The molecule has 1 aliphatic heterocycles. The first-order valence-corrected chi connectivity index (χ1v) is 9.67. The normalized spacial score (nSPS) is 18.2. The van der Waals surface area contributed by atoms with Crippen molar-refractivity contribution in [1.29, 1.82) is 0 Å². The Balaban J connectivity index is 0.00000204. The van der Waals surface area contributed by atoms with E-state index in [0.29, 0.717) is 0 Å². The summed E-state index contributed by atoms with van der Waals surface area (Å²) in [4.78, 5) is 35.6. The van der Waals surface area contributed by atoms with Gasteiger partial charge in [0.05, 0.1) is 0 Å². The number of benzene rings is 1. The maximum absolute atomic E-state index is 12.4. The fourth-order valence-corrected chi connectivity index (χ4v) is 2.81. The number of fused-ring (bicyclic) bond motifs is 1. The summed E-state index contributed by atoms with van der Waals surface area (Å²) in [7, 11) is 0. The van der Waals surface area contributed by atoms with E-state index in [2.05, 4.69) is 28.6 Å². The summed E-state index contributed by atoms with van der Waals surface area (Å²) in [6, 6.07) is 0.983. The monoisotopic (exact) mass is 506 g/mol. The van der Waals surface area contributed by atoms with Gasteiger partial charge < -0.3 is 53.5 Å². The van der Waals surface area contributed by atoms with E-state index in [1.165, 1.54) is 13.0 Å². The number of phenolic OH excluding ortho intramolecular Hbond substituents is 1. The molecule has 0 bridgehead atoms. The first-order valence-electron chi connectivity index (χ1n) is 8.34. The van der Waals surface area contributed by atoms with Gasteiger partial charge in [-0.3, -0.25) is 4.79 Å². The molecule has 29 heavy (non-hydrogen) atoms. The third-order valence-electron chi connectivity index (χ3n) is 4.07. The molecule has 1 aromatic rings. The Bertz CT molecular complexity index is 750. The molecule has 1 aliphatic rings. The molecule has 157 valence electrons. The van der Waals surface area contributed by atoms with Crippen LogP contribution in [0.2, 0.25) is 0 Å². The van der Waals surface area contributed by atoms with E-state index in [9.17, 15) is 24.6 Å². The molecule has 1 aromatic carbocycles. The molecule has 0 aromatic heterocycles. The Morgan fingerprint density at radius 3 is 2.48 bits per heavy atom. The summed E-state index contributed by atoms with van der Waals surface area (Å²) >= 11 is 5.54. The Hall–Kier alpha value is -1.85. The van der Waals surface area contributed by atoms with Crippen molar-refractivity contribution >= 4 is 30.4 Å². The first-order chi connectivity index (χ1) is 13.7. The maximum atomic E-state index is 12.4. The van der Waals surface area contributed by atoms with Gasteiger partial charge >= 0.3 is 22.4 Å². The quantitative estimate of drug-likeness (QED) is 0.451. The Morgan fingerprint density at radius 1 is 1.28 bits per heavy atom. The van der Waals surface area contributed by atoms with Crippen LogP contribution in [0.25, 0.3) is 16.0 Å². The van der Waals surface area contributed by atoms with Gasteiger partial charge in [0.15, 0.2) is 0 Å². The van der Waals surface area contributed by atoms with E-state index in [0.717, 1.165) is 30.0 Å². The van der Waals surface area contributed by atoms with Crippen LogP contribution in [-0.4, -0.2) is 63.1 Å². The van der Waals surface area contributed by atoms with Crippen LogP contribution in [0.4, 0.5) is 0 Å². The molecule has 0 radical (unpaired) electrons. The second kappa shape index (κ2) is 12.0. The van der Waals surface area contributed by atoms with Gasteiger partial charge in [-0.1, -0.05) is 17.7 Å². The van der Waals surface area contributed by atoms with Gasteiger partial charge in [0.25, 0.3) is 5.97 Å². The molecule has 1 heterocycles. The van der Waals surface area contributed by atoms with Crippen molar-refractivity contribution in [1.82, 2.24) is 0 Å². The number of carboxylic acid groups (broad SMARTS) is 1. The number of rotatable bonds is 7. The van der Waals surface area contributed by atoms with Crippen molar-refractivity contribution in [2.24, 2.45) is 0 Å². The number of hydrogen-bond acceptors (Lipinski definition) is 7. The molecule has 4 unspecified atom stereocenters. The zero-order valence-electron chi connectivity index (χ0n) is 15.3. The fraction of sp³-hybridized carbons (Fsp3) is 0.471. The van der Waals surface area contributed by atoms with Crippen LogP contribution in [0.15, 0.2) is 18.2 Å². The number of carbonyl (C=O) groups is 3. The average Bonchev–Trinajstić information content (AvgIpc) is 2.70. The van der Waals surface area contributed by atoms with E-state index < -0.39 is 42.0 Å². The zero-order chi connectivity index (χ0) is 22.1. The Kier molecular flexibility index (Phi) is 10.4. The molecule has 0 aliphatic carbocycles. The van der Waals surface area contributed by atoms with Gasteiger partial charge in [-0.05, 0) is 43.1 Å². The van der Waals surface area contributed by atoms with Crippen molar-refractivity contribution in [3.63, 3.8) is 0 Å². The van der Waals surface area contributed by atoms with E-state index in [1.54, 1.807) is 12.1 Å². The average molecular weight is 507 g/mol. The molecule has 0 fully saturated rings. The number of aliphatic carboxylic acids is 1. The van der Waals surface area contributed by atoms with Crippen LogP contribution in [0.5, 0.6) is 5.75 Å². The predicted octanol–water partition coefficient (Wildman–Crippen LogP) is 0.619. The van der Waals surface area contributed by atoms with Crippen LogP contribution < -0.4 is 0 Å². The summed E-state index contributed by atoms with van der Waals surface area (Å²) in [6.07, 6.45) is -1.09. The number of phenols is 1. The van der Waals surface area contributed by atoms with Crippen LogP contribution >= 0.6 is 0 Å². The molecule has 2 amide bonds. The Morgan fingerprint density at radius 2 is 1.93 bits per heavy atom. The van der Waals surface area contributed by atoms with Crippen LogP contribution in [0.1, 0.15) is 18.1 Å². The number of aromatic hydroxyl groups is 1. The van der Waals surface area contributed by atoms with Gasteiger partial charge in [0.2, 0.25) is 0 Å². The second-order valence-electron chi connectivity index (χ2n) is 6.15. The van der Waals surface area contributed by atoms with E-state index >= 15 is 0 Å². The summed E-state index contributed by atoms with van der Waals surface area (Å²) in [5, 5.41) is 39.6. The molecule has 2 rings (SSSR count). The van der Waals surface area contributed by atoms with E-state index in [-0.39, 0.29) is 24.5 Å². The molecule has 12 heteroatoms. The van der Waals surface area contributed by atoms with Crippen molar-refractivity contribution in [2.45, 2.75) is 44.1 Å². The predicted molar refractivity (Wildman–Crippen MR) is 99.2 cm³/mol. The third-order valence-corrected chi connectivity index (χ3v) is 4.39. The number of carboxylic acids is 1. The zero-order valence-corrected chi connectivity index (χ0v) is 17.9. The molecule has 4 atom stereocenters. The van der Waals surface area contributed by atoms with E-state index in [4.69, 9.17) is 8.61 Å². The fourth-order valence-electron chi connectivity index (χ4n) is 2.59. The minimum atomic E-state index is -1.52. The first kappa shape index (κ1) is 25.2. The van der Waals surface area contributed by atoms with Crippen LogP contribution in [-0.2, 0) is 62.3 Å². The third kappa shape index (κ3) is 7.16. The molecule has 10 nitrogen and oxygen atoms in total. The molecular weight excluding hydrogens is 488 g/mol. The van der Waals surface area contributed by atoms with Crippen LogP contribution in [0.3, 0.4) is 0 Å². The van der Waals surface area contributed by atoms with Crippen molar-refractivity contribution in [2.75, 3.05) is 5.75 Å².